The smallest absolute Gasteiger partial charge is 0.128 e. The van der Waals surface area contributed by atoms with E-state index in [2.05, 4.69) is 75.6 Å². The topological polar surface area (TPSA) is 56.8 Å². The molecule has 0 bridgehead atoms. The molecule has 0 amide bonds. The van der Waals surface area contributed by atoms with Crippen molar-refractivity contribution in [2.45, 2.75) is 51.6 Å². The SMILES string of the molecule is CCN(Cc1cccc(-c2ccnc(CCCc3ccc4[nH]ccc4c3)n2)c1)C1CCNCC1. The van der Waals surface area contributed by atoms with E-state index in [0.29, 0.717) is 6.04 Å². The molecule has 2 aromatic heterocycles. The molecule has 0 atom stereocenters. The van der Waals surface area contributed by atoms with Gasteiger partial charge in [-0.3, -0.25) is 4.90 Å². The van der Waals surface area contributed by atoms with E-state index >= 15 is 0 Å². The average molecular weight is 454 g/mol. The van der Waals surface area contributed by atoms with Crippen LogP contribution in [0.5, 0.6) is 0 Å². The van der Waals surface area contributed by atoms with E-state index in [1.54, 1.807) is 0 Å². The van der Waals surface area contributed by atoms with Gasteiger partial charge in [0.1, 0.15) is 5.82 Å². The molecule has 0 aliphatic carbocycles. The Kier molecular flexibility index (Phi) is 7.32. The third-order valence-electron chi connectivity index (χ3n) is 7.03. The van der Waals surface area contributed by atoms with Gasteiger partial charge in [-0.2, -0.15) is 0 Å². The largest absolute Gasteiger partial charge is 0.361 e. The molecule has 0 saturated carbocycles. The lowest BCUT2D eigenvalue weighted by molar-refractivity contribution is 0.162. The highest BCUT2D eigenvalue weighted by Crippen LogP contribution is 2.22. The molecule has 1 fully saturated rings. The third-order valence-corrected chi connectivity index (χ3v) is 7.03. The number of aryl methyl sites for hydroxylation is 2. The first-order valence-corrected chi connectivity index (χ1v) is 12.7. The third kappa shape index (κ3) is 5.54. The highest BCUT2D eigenvalue weighted by Gasteiger charge is 2.19. The van der Waals surface area contributed by atoms with Gasteiger partial charge in [-0.1, -0.05) is 31.2 Å². The minimum Gasteiger partial charge on any atom is -0.361 e. The summed E-state index contributed by atoms with van der Waals surface area (Å²) in [4.78, 5) is 15.3. The zero-order chi connectivity index (χ0) is 23.2. The van der Waals surface area contributed by atoms with Crippen LogP contribution in [0.25, 0.3) is 22.2 Å². The lowest BCUT2D eigenvalue weighted by Crippen LogP contribution is -2.42. The van der Waals surface area contributed by atoms with Gasteiger partial charge < -0.3 is 10.3 Å². The van der Waals surface area contributed by atoms with Gasteiger partial charge in [-0.05, 0) is 92.2 Å². The quantitative estimate of drug-likeness (QED) is 0.358. The van der Waals surface area contributed by atoms with Gasteiger partial charge in [0.25, 0.3) is 0 Å². The fourth-order valence-electron chi connectivity index (χ4n) is 5.12. The fraction of sp³-hybridized carbons (Fsp3) is 0.379. The van der Waals surface area contributed by atoms with Gasteiger partial charge in [0.15, 0.2) is 0 Å². The van der Waals surface area contributed by atoms with Gasteiger partial charge in [-0.25, -0.2) is 9.97 Å². The Morgan fingerprint density at radius 2 is 1.88 bits per heavy atom. The number of nitrogens with zero attached hydrogens (tertiary/aromatic N) is 3. The molecule has 1 saturated heterocycles. The predicted molar refractivity (Wildman–Crippen MR) is 140 cm³/mol. The van der Waals surface area contributed by atoms with Crippen LogP contribution in [0.3, 0.4) is 0 Å². The van der Waals surface area contributed by atoms with E-state index in [0.717, 1.165) is 57.0 Å². The van der Waals surface area contributed by atoms with Crippen LogP contribution in [-0.2, 0) is 19.4 Å². The second-order valence-electron chi connectivity index (χ2n) is 9.36. The summed E-state index contributed by atoms with van der Waals surface area (Å²) in [6, 6.07) is 20.4. The number of benzene rings is 2. The minimum absolute atomic E-state index is 0.679. The van der Waals surface area contributed by atoms with E-state index in [1.807, 2.05) is 18.5 Å². The maximum atomic E-state index is 4.91. The maximum absolute atomic E-state index is 4.91. The molecule has 1 aliphatic rings. The van der Waals surface area contributed by atoms with Crippen molar-refractivity contribution in [3.63, 3.8) is 0 Å². The Labute approximate surface area is 202 Å². The van der Waals surface area contributed by atoms with Crippen molar-refractivity contribution < 1.29 is 0 Å². The molecule has 176 valence electrons. The van der Waals surface area contributed by atoms with E-state index < -0.39 is 0 Å². The molecule has 0 unspecified atom stereocenters. The number of aromatic nitrogens is 3. The molecule has 2 aromatic carbocycles. The Morgan fingerprint density at radius 3 is 2.76 bits per heavy atom. The summed E-state index contributed by atoms with van der Waals surface area (Å²) in [7, 11) is 0. The molecule has 5 rings (SSSR count). The second kappa shape index (κ2) is 10.9. The molecule has 5 nitrogen and oxygen atoms in total. The number of piperidine rings is 1. The normalized spacial score (nSPS) is 14.8. The summed E-state index contributed by atoms with van der Waals surface area (Å²) in [5.74, 6) is 0.926. The van der Waals surface area contributed by atoms with Crippen molar-refractivity contribution in [1.82, 2.24) is 25.2 Å². The number of H-pyrrole nitrogens is 1. The van der Waals surface area contributed by atoms with Gasteiger partial charge in [0, 0.05) is 42.5 Å². The van der Waals surface area contributed by atoms with Crippen LogP contribution in [0.15, 0.2) is 67.0 Å². The van der Waals surface area contributed by atoms with Crippen LogP contribution < -0.4 is 5.32 Å². The van der Waals surface area contributed by atoms with E-state index in [9.17, 15) is 0 Å². The molecule has 34 heavy (non-hydrogen) atoms. The van der Waals surface area contributed by atoms with E-state index in [1.165, 1.54) is 40.4 Å². The summed E-state index contributed by atoms with van der Waals surface area (Å²) in [6.07, 6.45) is 9.34. The Morgan fingerprint density at radius 1 is 0.971 bits per heavy atom. The molecule has 3 heterocycles. The summed E-state index contributed by atoms with van der Waals surface area (Å²) < 4.78 is 0. The van der Waals surface area contributed by atoms with Crippen molar-refractivity contribution >= 4 is 10.9 Å². The second-order valence-corrected chi connectivity index (χ2v) is 9.36. The molecular formula is C29H35N5. The molecule has 2 N–H and O–H groups in total. The summed E-state index contributed by atoms with van der Waals surface area (Å²) in [5, 5.41) is 4.76. The van der Waals surface area contributed by atoms with Crippen molar-refractivity contribution in [2.24, 2.45) is 0 Å². The standard InChI is InChI=1S/C29H35N5/c1-2-34(26-12-15-30-16-13-26)21-23-6-3-7-24(20-23)28-14-18-32-29(33-28)8-4-5-22-9-10-27-25(19-22)11-17-31-27/h3,6-7,9-11,14,17-20,26,30-31H,2,4-5,8,12-13,15-16,21H2,1H3. The van der Waals surface area contributed by atoms with E-state index in [4.69, 9.17) is 4.98 Å². The van der Waals surface area contributed by atoms with Crippen molar-refractivity contribution in [2.75, 3.05) is 19.6 Å². The molecular weight excluding hydrogens is 418 g/mol. The van der Waals surface area contributed by atoms with Crippen LogP contribution in [0.4, 0.5) is 0 Å². The first-order chi connectivity index (χ1) is 16.8. The predicted octanol–water partition coefficient (Wildman–Crippen LogP) is 5.37. The molecule has 1 aliphatic heterocycles. The van der Waals surface area contributed by atoms with Gasteiger partial charge in [-0.15, -0.1) is 0 Å². The highest BCUT2D eigenvalue weighted by atomic mass is 15.2. The number of hydrogen-bond donors (Lipinski definition) is 2. The van der Waals surface area contributed by atoms with Gasteiger partial charge in [0.2, 0.25) is 0 Å². The van der Waals surface area contributed by atoms with Gasteiger partial charge >= 0.3 is 0 Å². The number of aromatic amines is 1. The lowest BCUT2D eigenvalue weighted by Gasteiger charge is -2.34. The van der Waals surface area contributed by atoms with Crippen molar-refractivity contribution in [3.8, 4) is 11.3 Å². The van der Waals surface area contributed by atoms with Crippen LogP contribution in [0, 0.1) is 0 Å². The Balaban J connectivity index is 1.22. The zero-order valence-corrected chi connectivity index (χ0v) is 20.1. The van der Waals surface area contributed by atoms with Crippen molar-refractivity contribution in [3.05, 3.63) is 83.9 Å². The number of rotatable bonds is 9. The zero-order valence-electron chi connectivity index (χ0n) is 20.1. The molecule has 4 aromatic rings. The van der Waals surface area contributed by atoms with Gasteiger partial charge in [0.05, 0.1) is 5.69 Å². The van der Waals surface area contributed by atoms with Crippen LogP contribution in [0.2, 0.25) is 0 Å². The van der Waals surface area contributed by atoms with E-state index in [-0.39, 0.29) is 0 Å². The number of fused-ring (bicyclic) bond motifs is 1. The first-order valence-electron chi connectivity index (χ1n) is 12.7. The Hall–Kier alpha value is -3.02. The summed E-state index contributed by atoms with van der Waals surface area (Å²) in [5.41, 5.74) is 6.12. The number of hydrogen-bond acceptors (Lipinski definition) is 4. The summed E-state index contributed by atoms with van der Waals surface area (Å²) >= 11 is 0. The molecule has 0 radical (unpaired) electrons. The molecule has 0 spiro atoms. The first kappa shape index (κ1) is 22.8. The number of nitrogens with one attached hydrogen (secondary N) is 2. The lowest BCUT2D eigenvalue weighted by atomic mass is 10.0. The highest BCUT2D eigenvalue weighted by molar-refractivity contribution is 5.79. The average Bonchev–Trinajstić information content (AvgIpc) is 3.36. The fourth-order valence-corrected chi connectivity index (χ4v) is 5.12. The Bertz CT molecular complexity index is 1210. The maximum Gasteiger partial charge on any atom is 0.128 e. The molecule has 5 heteroatoms. The van der Waals surface area contributed by atoms with Crippen LogP contribution >= 0.6 is 0 Å². The summed E-state index contributed by atoms with van der Waals surface area (Å²) in [6.45, 7) is 6.62. The van der Waals surface area contributed by atoms with Crippen molar-refractivity contribution in [1.29, 1.82) is 0 Å². The van der Waals surface area contributed by atoms with Crippen LogP contribution in [-0.4, -0.2) is 45.5 Å². The minimum atomic E-state index is 0.679. The monoisotopic (exact) mass is 453 g/mol. The van der Waals surface area contributed by atoms with Crippen LogP contribution in [0.1, 0.15) is 43.1 Å².